The van der Waals surface area contributed by atoms with E-state index in [4.69, 9.17) is 0 Å². The second-order valence-electron chi connectivity index (χ2n) is 5.86. The predicted molar refractivity (Wildman–Crippen MR) is 92.5 cm³/mol. The summed E-state index contributed by atoms with van der Waals surface area (Å²) in [6, 6.07) is 14.9. The lowest BCUT2D eigenvalue weighted by atomic mass is 10.0. The van der Waals surface area contributed by atoms with Crippen LogP contribution in [0.1, 0.15) is 28.8 Å². The Bertz CT molecular complexity index is 813. The van der Waals surface area contributed by atoms with Crippen molar-refractivity contribution in [2.45, 2.75) is 23.8 Å². The molecule has 0 saturated carbocycles. The smallest absolute Gasteiger partial charge is 0.241 e. The lowest BCUT2D eigenvalue weighted by molar-refractivity contribution is 0.103. The summed E-state index contributed by atoms with van der Waals surface area (Å²) < 4.78 is 28.2. The van der Waals surface area contributed by atoms with E-state index in [2.05, 4.69) is 10.0 Å². The Kier molecular flexibility index (Phi) is 5.08. The van der Waals surface area contributed by atoms with Crippen molar-refractivity contribution in [2.24, 2.45) is 0 Å². The second-order valence-corrected chi connectivity index (χ2v) is 7.54. The van der Waals surface area contributed by atoms with Crippen LogP contribution in [0.4, 0.5) is 0 Å². The summed E-state index contributed by atoms with van der Waals surface area (Å²) in [6.07, 6.45) is 1.72. The van der Waals surface area contributed by atoms with Gasteiger partial charge in [0, 0.05) is 23.7 Å². The number of piperidine rings is 1. The molecule has 1 atom stereocenters. The van der Waals surface area contributed by atoms with Crippen LogP contribution in [0.5, 0.6) is 0 Å². The molecule has 3 rings (SSSR count). The third-order valence-electron chi connectivity index (χ3n) is 4.08. The molecular weight excluding hydrogens is 324 g/mol. The molecule has 1 aliphatic rings. The molecule has 2 aromatic rings. The van der Waals surface area contributed by atoms with Crippen molar-refractivity contribution in [2.75, 3.05) is 13.1 Å². The molecule has 2 N–H and O–H groups in total. The Morgan fingerprint density at radius 3 is 2.46 bits per heavy atom. The molecule has 2 aromatic carbocycles. The summed E-state index contributed by atoms with van der Waals surface area (Å²) in [5, 5.41) is 3.18. The average Bonchev–Trinajstić information content (AvgIpc) is 2.62. The van der Waals surface area contributed by atoms with Crippen LogP contribution < -0.4 is 10.0 Å². The molecule has 0 unspecified atom stereocenters. The molecule has 1 aliphatic heterocycles. The van der Waals surface area contributed by atoms with Gasteiger partial charge in [-0.1, -0.05) is 42.5 Å². The van der Waals surface area contributed by atoms with Crippen molar-refractivity contribution in [3.8, 4) is 0 Å². The van der Waals surface area contributed by atoms with Gasteiger partial charge in [0.05, 0.1) is 4.90 Å². The SMILES string of the molecule is O=C(c1ccccc1)c1ccccc1S(=O)(=O)N[C@H]1CCCNC1. The Balaban J connectivity index is 1.92. The molecular formula is C18H20N2O3S. The Morgan fingerprint density at radius 1 is 1.04 bits per heavy atom. The van der Waals surface area contributed by atoms with E-state index in [-0.39, 0.29) is 22.3 Å². The van der Waals surface area contributed by atoms with Gasteiger partial charge < -0.3 is 5.32 Å². The van der Waals surface area contributed by atoms with Gasteiger partial charge in [-0.2, -0.15) is 0 Å². The van der Waals surface area contributed by atoms with E-state index >= 15 is 0 Å². The number of sulfonamides is 1. The largest absolute Gasteiger partial charge is 0.315 e. The highest BCUT2D eigenvalue weighted by molar-refractivity contribution is 7.89. The third kappa shape index (κ3) is 3.72. The number of rotatable bonds is 5. The van der Waals surface area contributed by atoms with E-state index in [0.29, 0.717) is 12.1 Å². The fourth-order valence-electron chi connectivity index (χ4n) is 2.87. The third-order valence-corrected chi connectivity index (χ3v) is 5.65. The van der Waals surface area contributed by atoms with Gasteiger partial charge in [0.15, 0.2) is 5.78 Å². The first-order chi connectivity index (χ1) is 11.6. The zero-order valence-electron chi connectivity index (χ0n) is 13.2. The van der Waals surface area contributed by atoms with Crippen molar-refractivity contribution in [1.82, 2.24) is 10.0 Å². The van der Waals surface area contributed by atoms with E-state index in [9.17, 15) is 13.2 Å². The van der Waals surface area contributed by atoms with Crippen molar-refractivity contribution >= 4 is 15.8 Å². The van der Waals surface area contributed by atoms with Crippen LogP contribution in [-0.2, 0) is 10.0 Å². The fraction of sp³-hybridized carbons (Fsp3) is 0.278. The highest BCUT2D eigenvalue weighted by atomic mass is 32.2. The Labute approximate surface area is 142 Å². The first kappa shape index (κ1) is 16.8. The van der Waals surface area contributed by atoms with Gasteiger partial charge in [0.25, 0.3) is 0 Å². The van der Waals surface area contributed by atoms with Crippen LogP contribution in [0, 0.1) is 0 Å². The van der Waals surface area contributed by atoms with E-state index < -0.39 is 10.0 Å². The van der Waals surface area contributed by atoms with Gasteiger partial charge in [0.2, 0.25) is 10.0 Å². The number of nitrogens with one attached hydrogen (secondary N) is 2. The first-order valence-electron chi connectivity index (χ1n) is 8.00. The van der Waals surface area contributed by atoms with E-state index in [0.717, 1.165) is 19.4 Å². The van der Waals surface area contributed by atoms with Crippen LogP contribution in [0.25, 0.3) is 0 Å². The molecule has 24 heavy (non-hydrogen) atoms. The minimum absolute atomic E-state index is 0.0319. The molecule has 126 valence electrons. The molecule has 0 aliphatic carbocycles. The van der Waals surface area contributed by atoms with Crippen molar-refractivity contribution < 1.29 is 13.2 Å². The van der Waals surface area contributed by atoms with Gasteiger partial charge in [0.1, 0.15) is 0 Å². The molecule has 1 fully saturated rings. The minimum atomic E-state index is -3.75. The maximum atomic E-state index is 12.8. The van der Waals surface area contributed by atoms with Gasteiger partial charge in [-0.3, -0.25) is 4.79 Å². The summed E-state index contributed by atoms with van der Waals surface area (Å²) in [6.45, 7) is 1.51. The lowest BCUT2D eigenvalue weighted by Gasteiger charge is -2.24. The molecule has 0 amide bonds. The molecule has 6 heteroatoms. The molecule has 0 radical (unpaired) electrons. The zero-order chi connectivity index (χ0) is 17.0. The van der Waals surface area contributed by atoms with Crippen molar-refractivity contribution in [3.63, 3.8) is 0 Å². The fourth-order valence-corrected chi connectivity index (χ4v) is 4.34. The predicted octanol–water partition coefficient (Wildman–Crippen LogP) is 1.95. The number of carbonyl (C=O) groups excluding carboxylic acids is 1. The van der Waals surface area contributed by atoms with Crippen molar-refractivity contribution in [3.05, 3.63) is 65.7 Å². The molecule has 5 nitrogen and oxygen atoms in total. The molecule has 0 spiro atoms. The average molecular weight is 344 g/mol. The maximum Gasteiger partial charge on any atom is 0.241 e. The number of ketones is 1. The summed E-state index contributed by atoms with van der Waals surface area (Å²) in [5.74, 6) is -0.293. The molecule has 0 bridgehead atoms. The highest BCUT2D eigenvalue weighted by Crippen LogP contribution is 2.20. The highest BCUT2D eigenvalue weighted by Gasteiger charge is 2.26. The van der Waals surface area contributed by atoms with Crippen LogP contribution in [0.2, 0.25) is 0 Å². The lowest BCUT2D eigenvalue weighted by Crippen LogP contribution is -2.45. The number of carbonyl (C=O) groups is 1. The molecule has 1 heterocycles. The van der Waals surface area contributed by atoms with Crippen molar-refractivity contribution in [1.29, 1.82) is 0 Å². The second kappa shape index (κ2) is 7.25. The quantitative estimate of drug-likeness (QED) is 0.813. The number of benzene rings is 2. The summed E-state index contributed by atoms with van der Waals surface area (Å²) in [4.78, 5) is 12.7. The van der Waals surface area contributed by atoms with Gasteiger partial charge in [-0.15, -0.1) is 0 Å². The Hall–Kier alpha value is -2.02. The summed E-state index contributed by atoms with van der Waals surface area (Å²) in [5.41, 5.74) is 0.666. The number of hydrogen-bond donors (Lipinski definition) is 2. The van der Waals surface area contributed by atoms with Crippen LogP contribution in [0.15, 0.2) is 59.5 Å². The standard InChI is InChI=1S/C18H20N2O3S/c21-18(14-7-2-1-3-8-14)16-10-4-5-11-17(16)24(22,23)20-15-9-6-12-19-13-15/h1-5,7-8,10-11,15,19-20H,6,9,12-13H2/t15-/m0/s1. The zero-order valence-corrected chi connectivity index (χ0v) is 14.1. The number of hydrogen-bond acceptors (Lipinski definition) is 4. The minimum Gasteiger partial charge on any atom is -0.315 e. The Morgan fingerprint density at radius 2 is 1.75 bits per heavy atom. The van der Waals surface area contributed by atoms with Crippen LogP contribution >= 0.6 is 0 Å². The molecule has 1 saturated heterocycles. The van der Waals surface area contributed by atoms with Crippen LogP contribution in [0.3, 0.4) is 0 Å². The summed E-state index contributed by atoms with van der Waals surface area (Å²) in [7, 11) is -3.75. The van der Waals surface area contributed by atoms with Gasteiger partial charge >= 0.3 is 0 Å². The topological polar surface area (TPSA) is 75.3 Å². The monoisotopic (exact) mass is 344 g/mol. The first-order valence-corrected chi connectivity index (χ1v) is 9.48. The normalized spacial score (nSPS) is 18.2. The summed E-state index contributed by atoms with van der Waals surface area (Å²) >= 11 is 0. The van der Waals surface area contributed by atoms with E-state index in [1.54, 1.807) is 42.5 Å². The maximum absolute atomic E-state index is 12.8. The van der Waals surface area contributed by atoms with E-state index in [1.807, 2.05) is 6.07 Å². The van der Waals surface area contributed by atoms with Gasteiger partial charge in [-0.05, 0) is 31.5 Å². The van der Waals surface area contributed by atoms with Crippen LogP contribution in [-0.4, -0.2) is 33.3 Å². The molecule has 0 aromatic heterocycles. The van der Waals surface area contributed by atoms with Gasteiger partial charge in [-0.25, -0.2) is 13.1 Å². The van der Waals surface area contributed by atoms with E-state index in [1.165, 1.54) is 6.07 Å².